The Balaban J connectivity index is 1.42. The van der Waals surface area contributed by atoms with Crippen molar-refractivity contribution < 1.29 is 38.7 Å². The van der Waals surface area contributed by atoms with Crippen LogP contribution in [0.15, 0.2) is 60.7 Å². The highest BCUT2D eigenvalue weighted by atomic mass is 32.1. The van der Waals surface area contributed by atoms with Crippen LogP contribution in [0, 0.1) is 0 Å². The highest BCUT2D eigenvalue weighted by Crippen LogP contribution is 2.29. The van der Waals surface area contributed by atoms with Crippen molar-refractivity contribution >= 4 is 35.0 Å². The normalized spacial score (nSPS) is 17.4. The number of anilines is 1. The lowest BCUT2D eigenvalue weighted by Gasteiger charge is -2.32. The number of hydrogen-bond donors (Lipinski definition) is 4. The predicted octanol–water partition coefficient (Wildman–Crippen LogP) is 2.50. The second-order valence-electron chi connectivity index (χ2n) is 10.8. The van der Waals surface area contributed by atoms with Crippen LogP contribution in [0.3, 0.4) is 0 Å². The van der Waals surface area contributed by atoms with Gasteiger partial charge in [0.05, 0.1) is 70.3 Å². The van der Waals surface area contributed by atoms with Gasteiger partial charge in [-0.1, -0.05) is 24.3 Å². The molecule has 15 heteroatoms. The Morgan fingerprint density at radius 1 is 0.750 bits per heavy atom. The molecule has 1 atom stereocenters. The fourth-order valence-electron chi connectivity index (χ4n) is 5.13. The number of rotatable bonds is 8. The number of hydrogen-bond acceptors (Lipinski definition) is 11. The van der Waals surface area contributed by atoms with Gasteiger partial charge in [-0.3, -0.25) is 9.80 Å². The SMILES string of the molecule is NC(=S)Nc1ccc(C(c2cccc(C(=O)O)n2)N2CCOCCOCCN(Cc3cccc(C(=O)O)n3)CCOCCOCC2)cc1. The van der Waals surface area contributed by atoms with Crippen molar-refractivity contribution in [3.05, 3.63) is 89.0 Å². The highest BCUT2D eigenvalue weighted by molar-refractivity contribution is 7.80. The number of benzene rings is 1. The Bertz CT molecular complexity index is 1460. The molecule has 0 bridgehead atoms. The van der Waals surface area contributed by atoms with Crippen LogP contribution in [0.4, 0.5) is 5.69 Å². The molecule has 0 radical (unpaired) electrons. The number of carboxylic acid groups (broad SMARTS) is 2. The molecule has 3 aromatic rings. The van der Waals surface area contributed by atoms with E-state index in [1.54, 1.807) is 18.2 Å². The molecule has 1 fully saturated rings. The topological polar surface area (TPSA) is 182 Å². The standard InChI is InChI=1S/C33H42N6O8S/c34-33(48)36-25-9-7-24(8-10-25)30(27-4-2-6-29(37-27)32(42)43)39-13-17-46-21-19-44-15-11-38(12-16-45-20-22-47-18-14-39)23-26-3-1-5-28(35-26)31(40)41/h1-10,30H,11-23H2,(H,40,41)(H,42,43)(H3,34,36,48). The average Bonchev–Trinajstić information content (AvgIpc) is 3.07. The van der Waals surface area contributed by atoms with Gasteiger partial charge in [-0.15, -0.1) is 0 Å². The number of aromatic carboxylic acids is 2. The van der Waals surface area contributed by atoms with Crippen LogP contribution in [0.5, 0.6) is 0 Å². The van der Waals surface area contributed by atoms with Gasteiger partial charge in [0.25, 0.3) is 0 Å². The maximum absolute atomic E-state index is 11.8. The number of pyridine rings is 2. The van der Waals surface area contributed by atoms with Crippen LogP contribution >= 0.6 is 12.2 Å². The molecule has 1 saturated heterocycles. The molecule has 258 valence electrons. The number of nitrogens with two attached hydrogens (primary N) is 1. The van der Waals surface area contributed by atoms with E-state index < -0.39 is 18.0 Å². The van der Waals surface area contributed by atoms with Crippen molar-refractivity contribution in [1.29, 1.82) is 0 Å². The van der Waals surface area contributed by atoms with Gasteiger partial charge in [-0.05, 0) is 54.2 Å². The van der Waals surface area contributed by atoms with Gasteiger partial charge in [-0.2, -0.15) is 0 Å². The molecule has 0 saturated carbocycles. The molecule has 5 N–H and O–H groups in total. The zero-order valence-electron chi connectivity index (χ0n) is 26.7. The minimum atomic E-state index is -1.11. The molecule has 14 nitrogen and oxygen atoms in total. The third-order valence-electron chi connectivity index (χ3n) is 7.43. The number of carbonyl (C=O) groups is 2. The lowest BCUT2D eigenvalue weighted by molar-refractivity contribution is 0.00331. The molecule has 0 spiro atoms. The van der Waals surface area contributed by atoms with E-state index in [9.17, 15) is 19.8 Å². The summed E-state index contributed by atoms with van der Waals surface area (Å²) in [6.07, 6.45) is 0. The molecular weight excluding hydrogens is 640 g/mol. The minimum absolute atomic E-state index is 0.00784. The van der Waals surface area contributed by atoms with Crippen molar-refractivity contribution in [2.24, 2.45) is 5.73 Å². The van der Waals surface area contributed by atoms with Crippen molar-refractivity contribution in [2.45, 2.75) is 12.6 Å². The first-order chi connectivity index (χ1) is 23.3. The van der Waals surface area contributed by atoms with Gasteiger partial charge >= 0.3 is 11.9 Å². The third-order valence-corrected chi connectivity index (χ3v) is 7.54. The Morgan fingerprint density at radius 3 is 1.81 bits per heavy atom. The zero-order chi connectivity index (χ0) is 34.1. The van der Waals surface area contributed by atoms with Crippen molar-refractivity contribution in [1.82, 2.24) is 19.8 Å². The molecule has 1 aliphatic heterocycles. The number of nitrogens with one attached hydrogen (secondary N) is 1. The first-order valence-electron chi connectivity index (χ1n) is 15.6. The fraction of sp³-hybridized carbons (Fsp3) is 0.424. The summed E-state index contributed by atoms with van der Waals surface area (Å²) in [5.41, 5.74) is 8.46. The lowest BCUT2D eigenvalue weighted by atomic mass is 10.00. The molecule has 2 aromatic heterocycles. The summed E-state index contributed by atoms with van der Waals surface area (Å²) in [5, 5.41) is 22.0. The maximum atomic E-state index is 11.8. The molecule has 1 aliphatic rings. The van der Waals surface area contributed by atoms with E-state index in [1.807, 2.05) is 30.3 Å². The van der Waals surface area contributed by atoms with Gasteiger partial charge in [0, 0.05) is 38.4 Å². The molecule has 3 heterocycles. The van der Waals surface area contributed by atoms with Gasteiger partial charge in [0.1, 0.15) is 11.4 Å². The van der Waals surface area contributed by atoms with E-state index in [-0.39, 0.29) is 16.5 Å². The fourth-order valence-corrected chi connectivity index (χ4v) is 5.25. The van der Waals surface area contributed by atoms with E-state index in [1.165, 1.54) is 12.1 Å². The van der Waals surface area contributed by atoms with Crippen molar-refractivity contribution in [3.8, 4) is 0 Å². The van der Waals surface area contributed by atoms with Crippen LogP contribution in [0.1, 0.15) is 44.0 Å². The first-order valence-corrected chi connectivity index (χ1v) is 16.0. The van der Waals surface area contributed by atoms with E-state index in [4.69, 9.17) is 36.9 Å². The Kier molecular flexibility index (Phi) is 15.1. The molecule has 0 aliphatic carbocycles. The van der Waals surface area contributed by atoms with Gasteiger partial charge < -0.3 is 40.2 Å². The zero-order valence-corrected chi connectivity index (χ0v) is 27.5. The Hall–Kier alpha value is -4.09. The second kappa shape index (κ2) is 19.7. The van der Waals surface area contributed by atoms with Crippen molar-refractivity contribution in [2.75, 3.05) is 84.4 Å². The van der Waals surface area contributed by atoms with Crippen LogP contribution in [0.2, 0.25) is 0 Å². The van der Waals surface area contributed by atoms with Gasteiger partial charge in [-0.25, -0.2) is 19.6 Å². The Labute approximate surface area is 284 Å². The second-order valence-corrected chi connectivity index (χ2v) is 11.3. The summed E-state index contributed by atoms with van der Waals surface area (Å²) in [6.45, 7) is 5.90. The number of ether oxygens (including phenoxy) is 4. The van der Waals surface area contributed by atoms with E-state index in [2.05, 4.69) is 25.1 Å². The number of nitrogens with zero attached hydrogens (tertiary/aromatic N) is 4. The summed E-state index contributed by atoms with van der Waals surface area (Å²) < 4.78 is 23.6. The molecule has 1 unspecified atom stereocenters. The minimum Gasteiger partial charge on any atom is -0.477 e. The molecular formula is C33H42N6O8S. The molecule has 48 heavy (non-hydrogen) atoms. The number of aromatic nitrogens is 2. The van der Waals surface area contributed by atoms with Crippen LogP contribution in [0.25, 0.3) is 0 Å². The van der Waals surface area contributed by atoms with E-state index in [0.29, 0.717) is 97.0 Å². The van der Waals surface area contributed by atoms with Crippen LogP contribution < -0.4 is 11.1 Å². The van der Waals surface area contributed by atoms with Crippen LogP contribution in [-0.4, -0.2) is 126 Å². The summed E-state index contributed by atoms with van der Waals surface area (Å²) in [6, 6.07) is 17.1. The molecule has 0 amide bonds. The summed E-state index contributed by atoms with van der Waals surface area (Å²) in [7, 11) is 0. The predicted molar refractivity (Wildman–Crippen MR) is 181 cm³/mol. The number of carboxylic acids is 2. The smallest absolute Gasteiger partial charge is 0.354 e. The van der Waals surface area contributed by atoms with Crippen LogP contribution in [-0.2, 0) is 25.5 Å². The summed E-state index contributed by atoms with van der Waals surface area (Å²) >= 11 is 4.97. The summed E-state index contributed by atoms with van der Waals surface area (Å²) in [5.74, 6) is -2.17. The quantitative estimate of drug-likeness (QED) is 0.254. The highest BCUT2D eigenvalue weighted by Gasteiger charge is 2.25. The average molecular weight is 683 g/mol. The molecule has 1 aromatic carbocycles. The third kappa shape index (κ3) is 12.2. The lowest BCUT2D eigenvalue weighted by Crippen LogP contribution is -2.36. The summed E-state index contributed by atoms with van der Waals surface area (Å²) in [4.78, 5) is 36.1. The monoisotopic (exact) mass is 682 g/mol. The first kappa shape index (κ1) is 36.7. The Morgan fingerprint density at radius 2 is 1.27 bits per heavy atom. The maximum Gasteiger partial charge on any atom is 0.354 e. The van der Waals surface area contributed by atoms with Gasteiger partial charge in [0.2, 0.25) is 0 Å². The van der Waals surface area contributed by atoms with Gasteiger partial charge in [0.15, 0.2) is 5.11 Å². The largest absolute Gasteiger partial charge is 0.477 e. The van der Waals surface area contributed by atoms with E-state index >= 15 is 0 Å². The van der Waals surface area contributed by atoms with Crippen molar-refractivity contribution in [3.63, 3.8) is 0 Å². The van der Waals surface area contributed by atoms with E-state index in [0.717, 1.165) is 11.3 Å². The molecule has 4 rings (SSSR count). The number of thiocarbonyl (C=S) groups is 1.